The van der Waals surface area contributed by atoms with Crippen molar-refractivity contribution in [1.82, 2.24) is 9.55 Å². The SMILES string of the molecule is CC(C)c1nc2ccccc2n1CCCCOc1cccc(N)c1. The van der Waals surface area contributed by atoms with E-state index in [0.717, 1.165) is 42.2 Å². The summed E-state index contributed by atoms with van der Waals surface area (Å²) >= 11 is 0. The first-order valence-electron chi connectivity index (χ1n) is 8.58. The Bertz CT molecular complexity index is 808. The second-order valence-electron chi connectivity index (χ2n) is 6.39. The number of nitrogens with two attached hydrogens (primary N) is 1. The Balaban J connectivity index is 1.58. The van der Waals surface area contributed by atoms with Crippen LogP contribution in [0.15, 0.2) is 48.5 Å². The van der Waals surface area contributed by atoms with Crippen molar-refractivity contribution in [3.8, 4) is 5.75 Å². The van der Waals surface area contributed by atoms with Gasteiger partial charge in [-0.3, -0.25) is 0 Å². The number of ether oxygens (including phenoxy) is 1. The molecular formula is C20H25N3O. The minimum absolute atomic E-state index is 0.418. The van der Waals surface area contributed by atoms with Crippen LogP contribution in [-0.4, -0.2) is 16.2 Å². The molecule has 0 radical (unpaired) electrons. The first kappa shape index (κ1) is 16.4. The highest BCUT2D eigenvalue weighted by atomic mass is 16.5. The summed E-state index contributed by atoms with van der Waals surface area (Å²) in [7, 11) is 0. The highest BCUT2D eigenvalue weighted by molar-refractivity contribution is 5.76. The highest BCUT2D eigenvalue weighted by Gasteiger charge is 2.12. The smallest absolute Gasteiger partial charge is 0.121 e. The van der Waals surface area contributed by atoms with Crippen LogP contribution in [0.2, 0.25) is 0 Å². The summed E-state index contributed by atoms with van der Waals surface area (Å²) in [5, 5.41) is 0. The van der Waals surface area contributed by atoms with E-state index in [1.54, 1.807) is 0 Å². The number of rotatable bonds is 7. The second kappa shape index (κ2) is 7.39. The van der Waals surface area contributed by atoms with E-state index in [1.807, 2.05) is 30.3 Å². The number of para-hydroxylation sites is 2. The number of hydrogen-bond acceptors (Lipinski definition) is 3. The fourth-order valence-corrected chi connectivity index (χ4v) is 2.94. The summed E-state index contributed by atoms with van der Waals surface area (Å²) in [5.41, 5.74) is 8.80. The van der Waals surface area contributed by atoms with E-state index in [4.69, 9.17) is 15.5 Å². The first-order chi connectivity index (χ1) is 11.6. The molecule has 4 nitrogen and oxygen atoms in total. The molecule has 0 aliphatic heterocycles. The van der Waals surface area contributed by atoms with Gasteiger partial charge in [0, 0.05) is 24.2 Å². The number of unbranched alkanes of at least 4 members (excludes halogenated alkanes) is 1. The second-order valence-corrected chi connectivity index (χ2v) is 6.39. The van der Waals surface area contributed by atoms with Gasteiger partial charge in [0.15, 0.2) is 0 Å². The van der Waals surface area contributed by atoms with Gasteiger partial charge < -0.3 is 15.0 Å². The molecule has 0 unspecified atom stereocenters. The molecule has 0 fully saturated rings. The molecule has 4 heteroatoms. The van der Waals surface area contributed by atoms with Crippen LogP contribution in [0.5, 0.6) is 5.75 Å². The van der Waals surface area contributed by atoms with Gasteiger partial charge in [0.25, 0.3) is 0 Å². The number of aryl methyl sites for hydroxylation is 1. The highest BCUT2D eigenvalue weighted by Crippen LogP contribution is 2.22. The van der Waals surface area contributed by atoms with Gasteiger partial charge in [-0.1, -0.05) is 32.0 Å². The van der Waals surface area contributed by atoms with Crippen LogP contribution < -0.4 is 10.5 Å². The van der Waals surface area contributed by atoms with E-state index in [0.29, 0.717) is 12.5 Å². The molecule has 0 atom stereocenters. The van der Waals surface area contributed by atoms with Gasteiger partial charge in [0.2, 0.25) is 0 Å². The lowest BCUT2D eigenvalue weighted by molar-refractivity contribution is 0.303. The first-order valence-corrected chi connectivity index (χ1v) is 8.58. The molecule has 1 heterocycles. The molecule has 0 bridgehead atoms. The summed E-state index contributed by atoms with van der Waals surface area (Å²) in [6, 6.07) is 15.9. The molecule has 1 aromatic heterocycles. The largest absolute Gasteiger partial charge is 0.494 e. The molecule has 0 spiro atoms. The molecule has 2 aromatic carbocycles. The Labute approximate surface area is 143 Å². The third-order valence-electron chi connectivity index (χ3n) is 4.10. The van der Waals surface area contributed by atoms with Gasteiger partial charge in [-0.15, -0.1) is 0 Å². The maximum Gasteiger partial charge on any atom is 0.121 e. The molecule has 0 amide bonds. The summed E-state index contributed by atoms with van der Waals surface area (Å²) in [6.45, 7) is 6.06. The Morgan fingerprint density at radius 1 is 1.08 bits per heavy atom. The molecule has 0 saturated heterocycles. The van der Waals surface area contributed by atoms with Crippen LogP contribution in [0.1, 0.15) is 38.4 Å². The van der Waals surface area contributed by atoms with Crippen LogP contribution in [0.25, 0.3) is 11.0 Å². The quantitative estimate of drug-likeness (QED) is 0.510. The fourth-order valence-electron chi connectivity index (χ4n) is 2.94. The van der Waals surface area contributed by atoms with Gasteiger partial charge in [0.1, 0.15) is 11.6 Å². The molecule has 3 rings (SSSR count). The number of nitrogen functional groups attached to an aromatic ring is 1. The summed E-state index contributed by atoms with van der Waals surface area (Å²) < 4.78 is 8.11. The van der Waals surface area contributed by atoms with E-state index in [1.165, 1.54) is 5.52 Å². The van der Waals surface area contributed by atoms with Gasteiger partial charge in [-0.05, 0) is 37.1 Å². The fraction of sp³-hybridized carbons (Fsp3) is 0.350. The Morgan fingerprint density at radius 3 is 2.71 bits per heavy atom. The van der Waals surface area contributed by atoms with Gasteiger partial charge in [0.05, 0.1) is 17.6 Å². The minimum atomic E-state index is 0.418. The van der Waals surface area contributed by atoms with E-state index >= 15 is 0 Å². The Kier molecular flexibility index (Phi) is 5.04. The van der Waals surface area contributed by atoms with Crippen molar-refractivity contribution in [2.24, 2.45) is 0 Å². The zero-order valence-electron chi connectivity index (χ0n) is 14.4. The Hall–Kier alpha value is -2.49. The van der Waals surface area contributed by atoms with Crippen molar-refractivity contribution in [3.05, 3.63) is 54.4 Å². The number of imidazole rings is 1. The lowest BCUT2D eigenvalue weighted by Gasteiger charge is -2.12. The normalized spacial score (nSPS) is 11.3. The van der Waals surface area contributed by atoms with E-state index in [2.05, 4.69) is 36.6 Å². The maximum atomic E-state index is 5.77. The third kappa shape index (κ3) is 3.70. The van der Waals surface area contributed by atoms with Crippen molar-refractivity contribution in [2.45, 2.75) is 39.2 Å². The number of nitrogens with zero attached hydrogens (tertiary/aromatic N) is 2. The summed E-state index contributed by atoms with van der Waals surface area (Å²) in [5.74, 6) is 2.42. The number of anilines is 1. The predicted octanol–water partition coefficient (Wildman–Crippen LogP) is 4.60. The lowest BCUT2D eigenvalue weighted by Crippen LogP contribution is -2.07. The van der Waals surface area contributed by atoms with Crippen LogP contribution in [0.4, 0.5) is 5.69 Å². The monoisotopic (exact) mass is 323 g/mol. The van der Waals surface area contributed by atoms with E-state index in [9.17, 15) is 0 Å². The van der Waals surface area contributed by atoms with Gasteiger partial charge in [-0.25, -0.2) is 4.98 Å². The Morgan fingerprint density at radius 2 is 1.92 bits per heavy atom. The zero-order valence-corrected chi connectivity index (χ0v) is 14.4. The number of benzene rings is 2. The minimum Gasteiger partial charge on any atom is -0.494 e. The number of hydrogen-bond donors (Lipinski definition) is 1. The number of aromatic nitrogens is 2. The summed E-state index contributed by atoms with van der Waals surface area (Å²) in [6.07, 6.45) is 2.06. The van der Waals surface area contributed by atoms with Crippen molar-refractivity contribution < 1.29 is 4.74 Å². The molecular weight excluding hydrogens is 298 g/mol. The van der Waals surface area contributed by atoms with E-state index < -0.39 is 0 Å². The van der Waals surface area contributed by atoms with Crippen molar-refractivity contribution in [1.29, 1.82) is 0 Å². The predicted molar refractivity (Wildman–Crippen MR) is 99.4 cm³/mol. The molecule has 0 aliphatic rings. The molecule has 0 aliphatic carbocycles. The van der Waals surface area contributed by atoms with Crippen molar-refractivity contribution >= 4 is 16.7 Å². The standard InChI is InChI=1S/C20H25N3O/c1-15(2)20-22-18-10-3-4-11-19(18)23(20)12-5-6-13-24-17-9-7-8-16(21)14-17/h3-4,7-11,14-15H,5-6,12-13,21H2,1-2H3. The van der Waals surface area contributed by atoms with Gasteiger partial charge in [-0.2, -0.15) is 0 Å². The van der Waals surface area contributed by atoms with Crippen LogP contribution >= 0.6 is 0 Å². The molecule has 24 heavy (non-hydrogen) atoms. The molecule has 0 saturated carbocycles. The maximum absolute atomic E-state index is 5.77. The average Bonchev–Trinajstić information content (AvgIpc) is 2.94. The van der Waals surface area contributed by atoms with E-state index in [-0.39, 0.29) is 0 Å². The summed E-state index contributed by atoms with van der Waals surface area (Å²) in [4.78, 5) is 4.79. The lowest BCUT2D eigenvalue weighted by atomic mass is 10.2. The molecule has 126 valence electrons. The molecule has 2 N–H and O–H groups in total. The van der Waals surface area contributed by atoms with Crippen molar-refractivity contribution in [2.75, 3.05) is 12.3 Å². The van der Waals surface area contributed by atoms with Crippen LogP contribution in [0.3, 0.4) is 0 Å². The zero-order chi connectivity index (χ0) is 16.9. The average molecular weight is 323 g/mol. The van der Waals surface area contributed by atoms with Crippen LogP contribution in [0, 0.1) is 0 Å². The van der Waals surface area contributed by atoms with Crippen molar-refractivity contribution in [3.63, 3.8) is 0 Å². The van der Waals surface area contributed by atoms with Gasteiger partial charge >= 0.3 is 0 Å². The molecule has 3 aromatic rings. The number of fused-ring (bicyclic) bond motifs is 1. The third-order valence-corrected chi connectivity index (χ3v) is 4.10. The topological polar surface area (TPSA) is 53.1 Å². The van der Waals surface area contributed by atoms with Crippen LogP contribution in [-0.2, 0) is 6.54 Å².